The van der Waals surface area contributed by atoms with Crippen LogP contribution in [0.4, 0.5) is 0 Å². The van der Waals surface area contributed by atoms with Gasteiger partial charge in [0, 0.05) is 43.3 Å². The van der Waals surface area contributed by atoms with Gasteiger partial charge in [-0.1, -0.05) is 6.92 Å². The molecule has 24 heavy (non-hydrogen) atoms. The summed E-state index contributed by atoms with van der Waals surface area (Å²) < 4.78 is 3.87. The Morgan fingerprint density at radius 1 is 1.46 bits per heavy atom. The van der Waals surface area contributed by atoms with E-state index < -0.39 is 0 Å². The maximum Gasteiger partial charge on any atom is 0.262 e. The van der Waals surface area contributed by atoms with Gasteiger partial charge in [-0.25, -0.2) is 0 Å². The first-order valence-electron chi connectivity index (χ1n) is 8.00. The van der Waals surface area contributed by atoms with Crippen molar-refractivity contribution in [2.75, 3.05) is 0 Å². The van der Waals surface area contributed by atoms with Crippen molar-refractivity contribution in [1.82, 2.24) is 19.7 Å². The van der Waals surface area contributed by atoms with E-state index in [2.05, 4.69) is 21.9 Å². The van der Waals surface area contributed by atoms with Gasteiger partial charge in [0.25, 0.3) is 5.91 Å². The average Bonchev–Trinajstić information content (AvgIpc) is 3.08. The third kappa shape index (κ3) is 3.93. The van der Waals surface area contributed by atoms with Crippen LogP contribution in [0, 0.1) is 25.2 Å². The predicted octanol–water partition coefficient (Wildman–Crippen LogP) is 2.47. The minimum absolute atomic E-state index is 0.107. The predicted molar refractivity (Wildman–Crippen MR) is 92.8 cm³/mol. The minimum atomic E-state index is -0.373. The first-order chi connectivity index (χ1) is 11.5. The average molecular weight is 325 g/mol. The highest BCUT2D eigenvalue weighted by Gasteiger charge is 2.12. The highest BCUT2D eigenvalue weighted by Crippen LogP contribution is 2.18. The zero-order valence-electron chi connectivity index (χ0n) is 14.6. The number of hydrogen-bond acceptors (Lipinski definition) is 3. The normalized spacial score (nSPS) is 11.4. The lowest BCUT2D eigenvalue weighted by Gasteiger charge is -2.07. The zero-order chi connectivity index (χ0) is 17.7. The molecule has 1 N–H and O–H groups in total. The van der Waals surface area contributed by atoms with E-state index in [1.807, 2.05) is 39.2 Å². The molecule has 0 unspecified atom stereocenters. The van der Waals surface area contributed by atoms with Gasteiger partial charge in [-0.05, 0) is 38.0 Å². The lowest BCUT2D eigenvalue weighted by Crippen LogP contribution is -2.23. The summed E-state index contributed by atoms with van der Waals surface area (Å²) in [7, 11) is 1.82. The van der Waals surface area contributed by atoms with Crippen molar-refractivity contribution in [1.29, 1.82) is 5.26 Å². The molecule has 0 atom stereocenters. The molecule has 0 aliphatic carbocycles. The van der Waals surface area contributed by atoms with Gasteiger partial charge in [-0.15, -0.1) is 0 Å². The van der Waals surface area contributed by atoms with E-state index in [0.29, 0.717) is 6.54 Å². The molecule has 0 aromatic carbocycles. The van der Waals surface area contributed by atoms with Gasteiger partial charge in [0.15, 0.2) is 0 Å². The van der Waals surface area contributed by atoms with Crippen molar-refractivity contribution in [2.45, 2.75) is 40.3 Å². The molecule has 0 radical (unpaired) electrons. The lowest BCUT2D eigenvalue weighted by molar-refractivity contribution is -0.117. The highest BCUT2D eigenvalue weighted by atomic mass is 16.1. The van der Waals surface area contributed by atoms with E-state index >= 15 is 0 Å². The standard InChI is InChI=1S/C18H23N5O/c1-5-6-23-13(2)7-16(14(23)3)8-17(9-19)18(24)20-10-15-11-21-22(4)12-15/h7-8,11-12H,5-6,10H2,1-4H3,(H,20,24)/b17-8+. The Morgan fingerprint density at radius 2 is 2.21 bits per heavy atom. The van der Waals surface area contributed by atoms with Crippen LogP contribution in [0.15, 0.2) is 24.0 Å². The Hall–Kier alpha value is -2.81. The summed E-state index contributed by atoms with van der Waals surface area (Å²) >= 11 is 0. The van der Waals surface area contributed by atoms with Crippen LogP contribution in [0.1, 0.15) is 35.9 Å². The van der Waals surface area contributed by atoms with Crippen molar-refractivity contribution in [2.24, 2.45) is 7.05 Å². The molecular weight excluding hydrogens is 302 g/mol. The second kappa shape index (κ2) is 7.64. The van der Waals surface area contributed by atoms with Gasteiger partial charge < -0.3 is 9.88 Å². The molecule has 6 heteroatoms. The van der Waals surface area contributed by atoms with Gasteiger partial charge in [0.1, 0.15) is 11.6 Å². The fourth-order valence-electron chi connectivity index (χ4n) is 2.69. The quantitative estimate of drug-likeness (QED) is 0.655. The number of rotatable bonds is 6. The van der Waals surface area contributed by atoms with Crippen molar-refractivity contribution in [3.05, 3.63) is 46.5 Å². The monoisotopic (exact) mass is 325 g/mol. The summed E-state index contributed by atoms with van der Waals surface area (Å²) in [5.74, 6) is -0.373. The Balaban J connectivity index is 2.15. The molecule has 2 aromatic rings. The van der Waals surface area contributed by atoms with E-state index in [4.69, 9.17) is 0 Å². The molecule has 126 valence electrons. The van der Waals surface area contributed by atoms with Gasteiger partial charge in [0.2, 0.25) is 0 Å². The SMILES string of the molecule is CCCn1c(C)cc(/C=C(\C#N)C(=O)NCc2cnn(C)c2)c1C. The largest absolute Gasteiger partial charge is 0.349 e. The smallest absolute Gasteiger partial charge is 0.262 e. The summed E-state index contributed by atoms with van der Waals surface area (Å²) in [6, 6.07) is 4.01. The maximum absolute atomic E-state index is 12.3. The lowest BCUT2D eigenvalue weighted by atomic mass is 10.1. The van der Waals surface area contributed by atoms with Crippen molar-refractivity contribution in [3.8, 4) is 6.07 Å². The molecule has 2 heterocycles. The van der Waals surface area contributed by atoms with Crippen LogP contribution in [0.25, 0.3) is 6.08 Å². The Labute approximate surface area is 142 Å². The Morgan fingerprint density at radius 3 is 2.79 bits per heavy atom. The van der Waals surface area contributed by atoms with Crippen molar-refractivity contribution >= 4 is 12.0 Å². The molecule has 0 bridgehead atoms. The molecule has 1 amide bonds. The molecule has 2 aromatic heterocycles. The van der Waals surface area contributed by atoms with Crippen molar-refractivity contribution in [3.63, 3.8) is 0 Å². The van der Waals surface area contributed by atoms with Crippen molar-refractivity contribution < 1.29 is 4.79 Å². The van der Waals surface area contributed by atoms with Gasteiger partial charge in [-0.3, -0.25) is 9.48 Å². The number of carbonyl (C=O) groups is 1. The molecular formula is C18H23N5O. The molecule has 0 spiro atoms. The van der Waals surface area contributed by atoms with Crippen LogP contribution in [0.3, 0.4) is 0 Å². The number of amides is 1. The minimum Gasteiger partial charge on any atom is -0.349 e. The van der Waals surface area contributed by atoms with E-state index in [1.165, 1.54) is 0 Å². The third-order valence-corrected chi connectivity index (χ3v) is 3.94. The number of nitrogens with zero attached hydrogens (tertiary/aromatic N) is 4. The van der Waals surface area contributed by atoms with Gasteiger partial charge >= 0.3 is 0 Å². The number of nitriles is 1. The van der Waals surface area contributed by atoms with E-state index in [-0.39, 0.29) is 11.5 Å². The van der Waals surface area contributed by atoms with Crippen LogP contribution in [0.5, 0.6) is 0 Å². The Kier molecular flexibility index (Phi) is 5.59. The Bertz CT molecular complexity index is 804. The summed E-state index contributed by atoms with van der Waals surface area (Å²) in [5.41, 5.74) is 4.12. The highest BCUT2D eigenvalue weighted by molar-refractivity contribution is 6.01. The number of hydrogen-bond donors (Lipinski definition) is 1. The van der Waals surface area contributed by atoms with E-state index in [1.54, 1.807) is 17.0 Å². The molecule has 6 nitrogen and oxygen atoms in total. The first-order valence-corrected chi connectivity index (χ1v) is 8.00. The zero-order valence-corrected chi connectivity index (χ0v) is 14.6. The topological polar surface area (TPSA) is 75.6 Å². The third-order valence-electron chi connectivity index (χ3n) is 3.94. The number of aryl methyl sites for hydroxylation is 2. The summed E-state index contributed by atoms with van der Waals surface area (Å²) in [4.78, 5) is 12.3. The van der Waals surface area contributed by atoms with Gasteiger partial charge in [0.05, 0.1) is 6.20 Å². The fourth-order valence-corrected chi connectivity index (χ4v) is 2.69. The van der Waals surface area contributed by atoms with Gasteiger partial charge in [-0.2, -0.15) is 10.4 Å². The number of carbonyl (C=O) groups excluding carboxylic acids is 1. The first kappa shape index (κ1) is 17.5. The van der Waals surface area contributed by atoms with Crippen LogP contribution >= 0.6 is 0 Å². The molecule has 0 saturated heterocycles. The summed E-state index contributed by atoms with van der Waals surface area (Å²) in [6.45, 7) is 7.45. The number of nitrogens with one attached hydrogen (secondary N) is 1. The molecule has 2 rings (SSSR count). The van der Waals surface area contributed by atoms with E-state index in [0.717, 1.165) is 35.5 Å². The fraction of sp³-hybridized carbons (Fsp3) is 0.389. The molecule has 0 fully saturated rings. The van der Waals surface area contributed by atoms with Crippen LogP contribution < -0.4 is 5.32 Å². The molecule has 0 aliphatic rings. The number of aromatic nitrogens is 3. The second-order valence-electron chi connectivity index (χ2n) is 5.85. The van der Waals surface area contributed by atoms with E-state index in [9.17, 15) is 10.1 Å². The second-order valence-corrected chi connectivity index (χ2v) is 5.85. The van der Waals surface area contributed by atoms with Crippen LogP contribution in [-0.4, -0.2) is 20.3 Å². The maximum atomic E-state index is 12.3. The summed E-state index contributed by atoms with van der Waals surface area (Å²) in [5, 5.41) is 16.1. The molecule has 0 saturated carbocycles. The van der Waals surface area contributed by atoms with Crippen LogP contribution in [-0.2, 0) is 24.9 Å². The molecule has 0 aliphatic heterocycles. The summed E-state index contributed by atoms with van der Waals surface area (Å²) in [6.07, 6.45) is 6.21. The van der Waals surface area contributed by atoms with Crippen LogP contribution in [0.2, 0.25) is 0 Å².